The van der Waals surface area contributed by atoms with Gasteiger partial charge < -0.3 is 10.4 Å². The van der Waals surface area contributed by atoms with E-state index in [1.165, 1.54) is 16.7 Å². The predicted molar refractivity (Wildman–Crippen MR) is 77.7 cm³/mol. The van der Waals surface area contributed by atoms with Crippen molar-refractivity contribution in [3.05, 3.63) is 34.9 Å². The topological polar surface area (TPSA) is 32.3 Å². The molecule has 0 aliphatic carbocycles. The average Bonchev–Trinajstić information content (AvgIpc) is 2.19. The van der Waals surface area contributed by atoms with Gasteiger partial charge in [0.05, 0.1) is 5.60 Å². The zero-order valence-electron chi connectivity index (χ0n) is 12.4. The van der Waals surface area contributed by atoms with Crippen molar-refractivity contribution in [1.29, 1.82) is 0 Å². The summed E-state index contributed by atoms with van der Waals surface area (Å²) < 4.78 is 0. The van der Waals surface area contributed by atoms with Crippen LogP contribution in [0.1, 0.15) is 43.9 Å². The zero-order chi connectivity index (χ0) is 13.8. The fraction of sp³-hybridized carbons (Fsp3) is 0.625. The molecule has 2 N–H and O–H groups in total. The number of aliphatic hydroxyl groups is 1. The van der Waals surface area contributed by atoms with Crippen LogP contribution in [0.4, 0.5) is 0 Å². The highest BCUT2D eigenvalue weighted by Gasteiger charge is 2.21. The van der Waals surface area contributed by atoms with Gasteiger partial charge in [0.25, 0.3) is 0 Å². The van der Waals surface area contributed by atoms with E-state index in [1.807, 2.05) is 6.92 Å². The van der Waals surface area contributed by atoms with Crippen molar-refractivity contribution in [1.82, 2.24) is 5.32 Å². The lowest BCUT2D eigenvalue weighted by atomic mass is 9.94. The fourth-order valence-electron chi connectivity index (χ4n) is 2.46. The maximum absolute atomic E-state index is 10.2. The van der Waals surface area contributed by atoms with Gasteiger partial charge in [0.2, 0.25) is 0 Å². The van der Waals surface area contributed by atoms with Crippen LogP contribution >= 0.6 is 0 Å². The molecule has 1 unspecified atom stereocenters. The van der Waals surface area contributed by atoms with E-state index < -0.39 is 5.60 Å². The second-order valence-electron chi connectivity index (χ2n) is 6.13. The van der Waals surface area contributed by atoms with Gasteiger partial charge >= 0.3 is 0 Å². The molecular weight excluding hydrogens is 222 g/mol. The summed E-state index contributed by atoms with van der Waals surface area (Å²) >= 11 is 0. The van der Waals surface area contributed by atoms with Gasteiger partial charge in [-0.2, -0.15) is 0 Å². The molecule has 1 rings (SSSR count). The van der Waals surface area contributed by atoms with E-state index in [0.29, 0.717) is 12.5 Å². The third kappa shape index (κ3) is 5.19. The quantitative estimate of drug-likeness (QED) is 0.811. The van der Waals surface area contributed by atoms with Crippen LogP contribution in [-0.2, 0) is 6.54 Å². The third-order valence-electron chi connectivity index (χ3n) is 3.17. The van der Waals surface area contributed by atoms with E-state index in [-0.39, 0.29) is 0 Å². The van der Waals surface area contributed by atoms with E-state index in [9.17, 15) is 5.11 Å². The van der Waals surface area contributed by atoms with Crippen molar-refractivity contribution in [3.63, 3.8) is 0 Å². The Morgan fingerprint density at radius 3 is 2.50 bits per heavy atom. The lowest BCUT2D eigenvalue weighted by Gasteiger charge is -2.26. The normalized spacial score (nSPS) is 14.8. The SMILES string of the molecule is Cc1ccc(CNCC(C)(O)CC(C)C)c(C)c1. The Morgan fingerprint density at radius 1 is 1.28 bits per heavy atom. The van der Waals surface area contributed by atoms with E-state index in [1.54, 1.807) is 0 Å². The molecule has 0 bridgehead atoms. The molecule has 1 aromatic rings. The Kier molecular flexibility index (Phi) is 5.36. The molecule has 2 nitrogen and oxygen atoms in total. The van der Waals surface area contributed by atoms with Crippen molar-refractivity contribution < 1.29 is 5.11 Å². The van der Waals surface area contributed by atoms with E-state index in [4.69, 9.17) is 0 Å². The Labute approximate surface area is 111 Å². The van der Waals surface area contributed by atoms with Crippen molar-refractivity contribution in [2.75, 3.05) is 6.54 Å². The number of aryl methyl sites for hydroxylation is 2. The summed E-state index contributed by atoms with van der Waals surface area (Å²) in [5, 5.41) is 13.6. The Hall–Kier alpha value is -0.860. The van der Waals surface area contributed by atoms with Gasteiger partial charge in [-0.3, -0.25) is 0 Å². The third-order valence-corrected chi connectivity index (χ3v) is 3.17. The number of benzene rings is 1. The lowest BCUT2D eigenvalue weighted by molar-refractivity contribution is 0.0383. The molecular formula is C16H27NO. The van der Waals surface area contributed by atoms with Gasteiger partial charge in [-0.25, -0.2) is 0 Å². The van der Waals surface area contributed by atoms with Gasteiger partial charge in [-0.1, -0.05) is 37.6 Å². The minimum absolute atomic E-state index is 0.517. The highest BCUT2D eigenvalue weighted by molar-refractivity contribution is 5.30. The predicted octanol–water partition coefficient (Wildman–Crippen LogP) is 3.19. The highest BCUT2D eigenvalue weighted by atomic mass is 16.3. The molecule has 0 aromatic heterocycles. The summed E-state index contributed by atoms with van der Waals surface area (Å²) in [7, 11) is 0. The Balaban J connectivity index is 2.46. The first-order chi connectivity index (χ1) is 8.30. The molecule has 18 heavy (non-hydrogen) atoms. The molecule has 0 heterocycles. The molecule has 0 amide bonds. The van der Waals surface area contributed by atoms with Crippen molar-refractivity contribution in [2.45, 2.75) is 53.2 Å². The maximum atomic E-state index is 10.2. The highest BCUT2D eigenvalue weighted by Crippen LogP contribution is 2.16. The number of hydrogen-bond donors (Lipinski definition) is 2. The summed E-state index contributed by atoms with van der Waals surface area (Å²) in [4.78, 5) is 0. The molecule has 0 saturated carbocycles. The fourth-order valence-corrected chi connectivity index (χ4v) is 2.46. The first-order valence-electron chi connectivity index (χ1n) is 6.79. The van der Waals surface area contributed by atoms with Gasteiger partial charge in [0.15, 0.2) is 0 Å². The minimum Gasteiger partial charge on any atom is -0.389 e. The summed E-state index contributed by atoms with van der Waals surface area (Å²) in [6.45, 7) is 11.9. The van der Waals surface area contributed by atoms with Crippen LogP contribution in [-0.4, -0.2) is 17.3 Å². The Bertz CT molecular complexity index is 383. The molecule has 102 valence electrons. The van der Waals surface area contributed by atoms with Gasteiger partial charge in [0, 0.05) is 13.1 Å². The molecule has 0 saturated heterocycles. The molecule has 0 spiro atoms. The molecule has 1 atom stereocenters. The van der Waals surface area contributed by atoms with E-state index in [2.05, 4.69) is 51.2 Å². The average molecular weight is 249 g/mol. The van der Waals surface area contributed by atoms with Gasteiger partial charge in [-0.15, -0.1) is 0 Å². The van der Waals surface area contributed by atoms with Crippen LogP contribution in [0.5, 0.6) is 0 Å². The zero-order valence-corrected chi connectivity index (χ0v) is 12.4. The number of hydrogen-bond acceptors (Lipinski definition) is 2. The summed E-state index contributed by atoms with van der Waals surface area (Å²) in [5.74, 6) is 0.517. The van der Waals surface area contributed by atoms with E-state index >= 15 is 0 Å². The first-order valence-corrected chi connectivity index (χ1v) is 6.79. The molecule has 0 aliphatic heterocycles. The van der Waals surface area contributed by atoms with Gasteiger partial charge in [0.1, 0.15) is 0 Å². The largest absolute Gasteiger partial charge is 0.389 e. The van der Waals surface area contributed by atoms with Crippen molar-refractivity contribution >= 4 is 0 Å². The smallest absolute Gasteiger partial charge is 0.0746 e. The number of nitrogens with one attached hydrogen (secondary N) is 1. The van der Waals surface area contributed by atoms with Crippen molar-refractivity contribution in [3.8, 4) is 0 Å². The molecule has 0 fully saturated rings. The maximum Gasteiger partial charge on any atom is 0.0746 e. The second-order valence-corrected chi connectivity index (χ2v) is 6.13. The monoisotopic (exact) mass is 249 g/mol. The van der Waals surface area contributed by atoms with Crippen LogP contribution in [0.2, 0.25) is 0 Å². The van der Waals surface area contributed by atoms with Crippen molar-refractivity contribution in [2.24, 2.45) is 5.92 Å². The second kappa shape index (κ2) is 6.35. The number of rotatable bonds is 6. The summed E-state index contributed by atoms with van der Waals surface area (Å²) in [6, 6.07) is 6.49. The van der Waals surface area contributed by atoms with Gasteiger partial charge in [-0.05, 0) is 44.2 Å². The molecule has 2 heteroatoms. The van der Waals surface area contributed by atoms with Crippen LogP contribution in [0.25, 0.3) is 0 Å². The van der Waals surface area contributed by atoms with Crippen LogP contribution in [0, 0.1) is 19.8 Å². The first kappa shape index (κ1) is 15.2. The van der Waals surface area contributed by atoms with Crippen LogP contribution in [0.15, 0.2) is 18.2 Å². The van der Waals surface area contributed by atoms with E-state index in [0.717, 1.165) is 13.0 Å². The summed E-state index contributed by atoms with van der Waals surface area (Å²) in [5.41, 5.74) is 3.29. The molecule has 0 radical (unpaired) electrons. The molecule has 0 aliphatic rings. The lowest BCUT2D eigenvalue weighted by Crippen LogP contribution is -2.38. The van der Waals surface area contributed by atoms with Crippen LogP contribution < -0.4 is 5.32 Å². The molecule has 1 aromatic carbocycles. The summed E-state index contributed by atoms with van der Waals surface area (Å²) in [6.07, 6.45) is 0.826. The standard InChI is InChI=1S/C16H27NO/c1-12(2)9-16(5,18)11-17-10-15-7-6-13(3)8-14(15)4/h6-8,12,17-18H,9-11H2,1-5H3. The minimum atomic E-state index is -0.618. The van der Waals surface area contributed by atoms with Crippen LogP contribution in [0.3, 0.4) is 0 Å². The Morgan fingerprint density at radius 2 is 1.94 bits per heavy atom.